The minimum absolute atomic E-state index is 0.197. The molecule has 0 radical (unpaired) electrons. The Morgan fingerprint density at radius 1 is 1.07 bits per heavy atom. The van der Waals surface area contributed by atoms with Gasteiger partial charge in [0.25, 0.3) is 5.91 Å². The summed E-state index contributed by atoms with van der Waals surface area (Å²) in [5.74, 6) is 1.24. The van der Waals surface area contributed by atoms with Crippen LogP contribution >= 0.6 is 0 Å². The molecule has 1 saturated heterocycles. The van der Waals surface area contributed by atoms with E-state index in [9.17, 15) is 9.59 Å². The van der Waals surface area contributed by atoms with Gasteiger partial charge in [0, 0.05) is 23.7 Å². The summed E-state index contributed by atoms with van der Waals surface area (Å²) in [4.78, 5) is 27.9. The van der Waals surface area contributed by atoms with E-state index in [1.807, 2.05) is 6.07 Å². The fourth-order valence-electron chi connectivity index (χ4n) is 3.61. The number of carbonyl (C=O) groups excluding carboxylic acids is 2. The third kappa shape index (κ3) is 3.20. The first-order valence-corrected chi connectivity index (χ1v) is 9.41. The van der Waals surface area contributed by atoms with Crippen LogP contribution in [0.1, 0.15) is 44.1 Å². The lowest BCUT2D eigenvalue weighted by molar-refractivity contribution is -0.115. The van der Waals surface area contributed by atoms with Crippen LogP contribution in [0.4, 0.5) is 16.4 Å². The summed E-state index contributed by atoms with van der Waals surface area (Å²) in [6.45, 7) is 0. The summed E-state index contributed by atoms with van der Waals surface area (Å²) in [7, 11) is 0. The van der Waals surface area contributed by atoms with Crippen molar-refractivity contribution in [2.45, 2.75) is 50.6 Å². The van der Waals surface area contributed by atoms with E-state index in [-0.39, 0.29) is 5.70 Å². The van der Waals surface area contributed by atoms with Gasteiger partial charge >= 0.3 is 6.03 Å². The number of fused-ring (bicyclic) bond motifs is 1. The third-order valence-corrected chi connectivity index (χ3v) is 5.16. The Morgan fingerprint density at radius 3 is 2.56 bits per heavy atom. The number of amides is 3. The van der Waals surface area contributed by atoms with Gasteiger partial charge in [-0.25, -0.2) is 9.78 Å². The Hall–Kier alpha value is -3.10. The minimum atomic E-state index is -0.518. The van der Waals surface area contributed by atoms with Gasteiger partial charge in [-0.15, -0.1) is 0 Å². The Balaban J connectivity index is 1.54. The molecule has 1 aliphatic heterocycles. The van der Waals surface area contributed by atoms with E-state index in [1.54, 1.807) is 16.8 Å². The molecule has 3 fully saturated rings. The molecule has 9 nitrogen and oxygen atoms in total. The van der Waals surface area contributed by atoms with Gasteiger partial charge in [-0.3, -0.25) is 10.1 Å². The Kier molecular flexibility index (Phi) is 3.73. The van der Waals surface area contributed by atoms with Crippen molar-refractivity contribution in [3.8, 4) is 0 Å². The number of hydrogen-bond acceptors (Lipinski definition) is 6. The molecule has 140 valence electrons. The molecular formula is C18H21N7O2. The summed E-state index contributed by atoms with van der Waals surface area (Å²) < 4.78 is 1.75. The number of nitrogens with zero attached hydrogens (tertiary/aromatic N) is 3. The summed E-state index contributed by atoms with van der Waals surface area (Å²) in [5.41, 5.74) is 1.52. The normalized spacial score (nSPS) is 21.7. The molecule has 2 saturated carbocycles. The van der Waals surface area contributed by atoms with Gasteiger partial charge in [-0.2, -0.15) is 9.61 Å². The number of imide groups is 1. The lowest BCUT2D eigenvalue weighted by atomic mass is 10.2. The second-order valence-electron chi connectivity index (χ2n) is 7.37. The van der Waals surface area contributed by atoms with Crippen molar-refractivity contribution in [2.24, 2.45) is 0 Å². The summed E-state index contributed by atoms with van der Waals surface area (Å²) in [5, 5.41) is 16.2. The van der Waals surface area contributed by atoms with Gasteiger partial charge in [0.05, 0.1) is 6.20 Å². The zero-order chi connectivity index (χ0) is 18.4. The van der Waals surface area contributed by atoms with E-state index in [1.165, 1.54) is 12.8 Å². The highest BCUT2D eigenvalue weighted by atomic mass is 16.2. The molecule has 0 bridgehead atoms. The zero-order valence-corrected chi connectivity index (χ0v) is 14.8. The fourth-order valence-corrected chi connectivity index (χ4v) is 3.61. The van der Waals surface area contributed by atoms with Crippen LogP contribution in [0.5, 0.6) is 0 Å². The monoisotopic (exact) mass is 367 g/mol. The number of aromatic nitrogens is 3. The molecular weight excluding hydrogens is 346 g/mol. The van der Waals surface area contributed by atoms with E-state index >= 15 is 0 Å². The quantitative estimate of drug-likeness (QED) is 0.474. The van der Waals surface area contributed by atoms with Gasteiger partial charge < -0.3 is 16.0 Å². The van der Waals surface area contributed by atoms with E-state index in [0.717, 1.165) is 37.3 Å². The standard InChI is InChI=1S/C18H21N7O2/c26-17-13(22-18(27)24-17)7-10-9-19-25-15(21-12-5-6-12)8-14(23-16(10)25)20-11-3-1-2-4-11/h7-9,11-12,21H,1-6H2,(H,20,23)(H2,22,24,26,27)/b13-7-. The second-order valence-corrected chi connectivity index (χ2v) is 7.37. The van der Waals surface area contributed by atoms with Crippen LogP contribution in [0.2, 0.25) is 0 Å². The topological polar surface area (TPSA) is 112 Å². The summed E-state index contributed by atoms with van der Waals surface area (Å²) >= 11 is 0. The van der Waals surface area contributed by atoms with Crippen LogP contribution in [0, 0.1) is 0 Å². The molecule has 0 atom stereocenters. The molecule has 9 heteroatoms. The number of urea groups is 1. The van der Waals surface area contributed by atoms with Crippen molar-refractivity contribution in [2.75, 3.05) is 10.6 Å². The predicted octanol–water partition coefficient (Wildman–Crippen LogP) is 1.84. The maximum absolute atomic E-state index is 11.8. The van der Waals surface area contributed by atoms with Crippen molar-refractivity contribution >= 4 is 35.3 Å². The SMILES string of the molecule is O=C1NC(=O)/C(=C/c2cnn3c(NC4CC4)cc(NC4CCCC4)nc23)N1. The van der Waals surface area contributed by atoms with Crippen LogP contribution in [0.25, 0.3) is 11.7 Å². The Labute approximate surface area is 155 Å². The number of rotatable bonds is 5. The first-order valence-electron chi connectivity index (χ1n) is 9.41. The third-order valence-electron chi connectivity index (χ3n) is 5.16. The highest BCUT2D eigenvalue weighted by Gasteiger charge is 2.25. The van der Waals surface area contributed by atoms with Crippen LogP contribution in [-0.2, 0) is 4.79 Å². The number of hydrogen-bond donors (Lipinski definition) is 4. The van der Waals surface area contributed by atoms with Crippen molar-refractivity contribution in [3.63, 3.8) is 0 Å². The van der Waals surface area contributed by atoms with Crippen LogP contribution in [0.15, 0.2) is 18.0 Å². The molecule has 0 unspecified atom stereocenters. The van der Waals surface area contributed by atoms with Crippen LogP contribution in [-0.4, -0.2) is 38.6 Å². The smallest absolute Gasteiger partial charge is 0.326 e. The average Bonchev–Trinajstić information content (AvgIpc) is 3.01. The van der Waals surface area contributed by atoms with Crippen molar-refractivity contribution in [3.05, 3.63) is 23.5 Å². The number of nitrogens with one attached hydrogen (secondary N) is 4. The van der Waals surface area contributed by atoms with E-state index in [0.29, 0.717) is 23.3 Å². The minimum Gasteiger partial charge on any atom is -0.367 e. The number of carbonyl (C=O) groups is 2. The highest BCUT2D eigenvalue weighted by Crippen LogP contribution is 2.29. The second kappa shape index (κ2) is 6.26. The van der Waals surface area contributed by atoms with Crippen molar-refractivity contribution in [1.82, 2.24) is 25.2 Å². The first-order chi connectivity index (χ1) is 13.2. The zero-order valence-electron chi connectivity index (χ0n) is 14.8. The summed E-state index contributed by atoms with van der Waals surface area (Å²) in [6, 6.07) is 2.40. The summed E-state index contributed by atoms with van der Waals surface area (Å²) in [6.07, 6.45) is 10.4. The first kappa shape index (κ1) is 16.1. The molecule has 2 aromatic heterocycles. The molecule has 27 heavy (non-hydrogen) atoms. The van der Waals surface area contributed by atoms with Gasteiger partial charge in [-0.1, -0.05) is 12.8 Å². The van der Waals surface area contributed by atoms with E-state index < -0.39 is 11.9 Å². The molecule has 4 N–H and O–H groups in total. The van der Waals surface area contributed by atoms with E-state index in [4.69, 9.17) is 4.98 Å². The van der Waals surface area contributed by atoms with Crippen molar-refractivity contribution < 1.29 is 9.59 Å². The molecule has 2 aromatic rings. The Morgan fingerprint density at radius 2 is 1.85 bits per heavy atom. The molecule has 3 heterocycles. The van der Waals surface area contributed by atoms with Crippen molar-refractivity contribution in [1.29, 1.82) is 0 Å². The lowest BCUT2D eigenvalue weighted by Crippen LogP contribution is -2.22. The van der Waals surface area contributed by atoms with Gasteiger partial charge in [-0.05, 0) is 31.8 Å². The molecule has 2 aliphatic carbocycles. The molecule has 0 spiro atoms. The maximum Gasteiger partial charge on any atom is 0.326 e. The molecule has 0 aromatic carbocycles. The fraction of sp³-hybridized carbons (Fsp3) is 0.444. The predicted molar refractivity (Wildman–Crippen MR) is 100 cm³/mol. The lowest BCUT2D eigenvalue weighted by Gasteiger charge is -2.15. The van der Waals surface area contributed by atoms with Crippen LogP contribution < -0.4 is 21.3 Å². The van der Waals surface area contributed by atoms with Crippen LogP contribution in [0.3, 0.4) is 0 Å². The van der Waals surface area contributed by atoms with E-state index in [2.05, 4.69) is 26.4 Å². The number of anilines is 2. The highest BCUT2D eigenvalue weighted by molar-refractivity contribution is 6.14. The van der Waals surface area contributed by atoms with Gasteiger partial charge in [0.2, 0.25) is 0 Å². The molecule has 3 amide bonds. The molecule has 5 rings (SSSR count). The average molecular weight is 367 g/mol. The Bertz CT molecular complexity index is 954. The largest absolute Gasteiger partial charge is 0.367 e. The van der Waals surface area contributed by atoms with Gasteiger partial charge in [0.15, 0.2) is 5.65 Å². The molecule has 3 aliphatic rings. The maximum atomic E-state index is 11.8. The van der Waals surface area contributed by atoms with Gasteiger partial charge in [0.1, 0.15) is 17.3 Å².